The van der Waals surface area contributed by atoms with Gasteiger partial charge in [0.25, 0.3) is 0 Å². The van der Waals surface area contributed by atoms with Gasteiger partial charge in [-0.05, 0) is 6.92 Å². The Morgan fingerprint density at radius 2 is 1.00 bits per heavy atom. The van der Waals surface area contributed by atoms with Gasteiger partial charge in [-0.2, -0.15) is 0 Å². The Bertz CT molecular complexity index is 34.6. The number of aliphatic carboxylic acids is 1. The van der Waals surface area contributed by atoms with Crippen molar-refractivity contribution in [1.82, 2.24) is 0 Å². The Morgan fingerprint density at radius 1 is 1.00 bits per heavy atom. The van der Waals surface area contributed by atoms with E-state index in [9.17, 15) is 0 Å². The SMILES string of the molecule is CC(=O)[O-].O.O.O.O.O.[Cu+]. The van der Waals surface area contributed by atoms with Crippen LogP contribution in [-0.4, -0.2) is 33.4 Å². The van der Waals surface area contributed by atoms with Crippen LogP contribution in [0, 0.1) is 0 Å². The minimum Gasteiger partial charge on any atom is -0.550 e. The van der Waals surface area contributed by atoms with Crippen LogP contribution in [0.5, 0.6) is 0 Å². The maximum absolute atomic E-state index is 8.89. The third kappa shape index (κ3) is 8100. The summed E-state index contributed by atoms with van der Waals surface area (Å²) in [5, 5.41) is 8.89. The van der Waals surface area contributed by atoms with Crippen molar-refractivity contribution in [2.45, 2.75) is 6.92 Å². The molecule has 0 aliphatic carbocycles. The number of carbonyl (C=O) groups is 1. The van der Waals surface area contributed by atoms with Crippen molar-refractivity contribution >= 4 is 5.97 Å². The predicted molar refractivity (Wildman–Crippen MR) is 28.8 cm³/mol. The summed E-state index contributed by atoms with van der Waals surface area (Å²) in [7, 11) is 0. The Morgan fingerprint density at radius 3 is 1.00 bits per heavy atom. The van der Waals surface area contributed by atoms with Gasteiger partial charge in [0.2, 0.25) is 0 Å². The zero-order valence-electron chi connectivity index (χ0n) is 5.12. The summed E-state index contributed by atoms with van der Waals surface area (Å²) in [5.74, 6) is -1.08. The van der Waals surface area contributed by atoms with E-state index >= 15 is 0 Å². The number of carboxylic acids is 1. The minimum atomic E-state index is -1.08. The van der Waals surface area contributed by atoms with E-state index in [2.05, 4.69) is 0 Å². The molecule has 0 saturated heterocycles. The second kappa shape index (κ2) is 68.5. The summed E-state index contributed by atoms with van der Waals surface area (Å²) in [6, 6.07) is 0. The van der Waals surface area contributed by atoms with Gasteiger partial charge >= 0.3 is 17.1 Å². The first-order valence-electron chi connectivity index (χ1n) is 0.908. The van der Waals surface area contributed by atoms with Gasteiger partial charge in [0.1, 0.15) is 0 Å². The minimum absolute atomic E-state index is 0. The summed E-state index contributed by atoms with van der Waals surface area (Å²) in [6.45, 7) is 0.972. The summed E-state index contributed by atoms with van der Waals surface area (Å²) in [4.78, 5) is 8.89. The number of hydrogen-bond acceptors (Lipinski definition) is 2. The molecule has 8 heteroatoms. The van der Waals surface area contributed by atoms with Crippen LogP contribution in [0.15, 0.2) is 0 Å². The zero-order valence-corrected chi connectivity index (χ0v) is 6.06. The molecule has 7 nitrogen and oxygen atoms in total. The van der Waals surface area contributed by atoms with Crippen LogP contribution in [0.1, 0.15) is 6.92 Å². The van der Waals surface area contributed by atoms with Crippen LogP contribution in [0.3, 0.4) is 0 Å². The molecule has 0 spiro atoms. The van der Waals surface area contributed by atoms with Gasteiger partial charge in [0, 0.05) is 5.97 Å². The number of carbonyl (C=O) groups excluding carboxylic acids is 1. The Kier molecular flexibility index (Phi) is 666. The molecule has 0 heterocycles. The molecule has 0 aromatic heterocycles. The Labute approximate surface area is 68.1 Å². The fourth-order valence-corrected chi connectivity index (χ4v) is 0. The first-order valence-corrected chi connectivity index (χ1v) is 0.908. The van der Waals surface area contributed by atoms with E-state index in [4.69, 9.17) is 9.90 Å². The first kappa shape index (κ1) is 97.2. The summed E-state index contributed by atoms with van der Waals surface area (Å²) < 4.78 is 0. The third-order valence-corrected chi connectivity index (χ3v) is 0. The molecule has 0 fully saturated rings. The van der Waals surface area contributed by atoms with Crippen molar-refractivity contribution in [2.24, 2.45) is 0 Å². The molecule has 0 aromatic carbocycles. The van der Waals surface area contributed by atoms with Crippen molar-refractivity contribution in [3.8, 4) is 0 Å². The van der Waals surface area contributed by atoms with Crippen LogP contribution >= 0.6 is 0 Å². The molecule has 0 aromatic rings. The smallest absolute Gasteiger partial charge is 0.550 e. The Balaban J connectivity index is -0.00000000300. The zero-order chi connectivity index (χ0) is 3.58. The van der Waals surface area contributed by atoms with Crippen molar-refractivity contribution in [1.29, 1.82) is 0 Å². The van der Waals surface area contributed by atoms with E-state index in [0.717, 1.165) is 6.92 Å². The second-order valence-corrected chi connectivity index (χ2v) is 0.492. The molecule has 0 radical (unpaired) electrons. The van der Waals surface area contributed by atoms with Crippen molar-refractivity contribution < 1.29 is 54.4 Å². The molecule has 0 rings (SSSR count). The van der Waals surface area contributed by atoms with Gasteiger partial charge in [-0.1, -0.05) is 0 Å². The number of rotatable bonds is 0. The number of hydrogen-bond donors (Lipinski definition) is 0. The quantitative estimate of drug-likeness (QED) is 0.361. The number of carboxylic acid groups (broad SMARTS) is 1. The average Bonchev–Trinajstić information content (AvgIpc) is 0.811. The van der Waals surface area contributed by atoms with Crippen molar-refractivity contribution in [3.63, 3.8) is 0 Å². The molecule has 0 bridgehead atoms. The summed E-state index contributed by atoms with van der Waals surface area (Å²) in [6.07, 6.45) is 0. The molecule has 10 N–H and O–H groups in total. The first-order chi connectivity index (χ1) is 1.73. The fourth-order valence-electron chi connectivity index (χ4n) is 0. The summed E-state index contributed by atoms with van der Waals surface area (Å²) >= 11 is 0. The maximum atomic E-state index is 8.89. The molecule has 0 saturated carbocycles. The normalized spacial score (nSPS) is 2.50. The van der Waals surface area contributed by atoms with Gasteiger partial charge in [-0.15, -0.1) is 0 Å². The molecule has 0 aliphatic heterocycles. The second-order valence-electron chi connectivity index (χ2n) is 0.492. The van der Waals surface area contributed by atoms with E-state index in [1.54, 1.807) is 0 Å². The van der Waals surface area contributed by atoms with E-state index in [-0.39, 0.29) is 44.4 Å². The predicted octanol–water partition coefficient (Wildman–Crippen LogP) is -5.37. The molecule has 10 heavy (non-hydrogen) atoms. The molecule has 0 atom stereocenters. The third-order valence-electron chi connectivity index (χ3n) is 0. The van der Waals surface area contributed by atoms with Crippen LogP contribution in [0.4, 0.5) is 0 Å². The van der Waals surface area contributed by atoms with Crippen molar-refractivity contribution in [3.05, 3.63) is 0 Å². The van der Waals surface area contributed by atoms with Crippen LogP contribution in [0.2, 0.25) is 0 Å². The topological polar surface area (TPSA) is 198 Å². The van der Waals surface area contributed by atoms with Crippen molar-refractivity contribution in [2.75, 3.05) is 0 Å². The maximum Gasteiger partial charge on any atom is 1.00 e. The molecular weight excluding hydrogens is 200 g/mol. The monoisotopic (exact) mass is 212 g/mol. The molecule has 0 aliphatic rings. The summed E-state index contributed by atoms with van der Waals surface area (Å²) in [5.41, 5.74) is 0. The van der Waals surface area contributed by atoms with Crippen LogP contribution < -0.4 is 5.11 Å². The van der Waals surface area contributed by atoms with Gasteiger partial charge in [-0.25, -0.2) is 0 Å². The van der Waals surface area contributed by atoms with Crippen LogP contribution in [-0.2, 0) is 21.9 Å². The van der Waals surface area contributed by atoms with E-state index in [1.165, 1.54) is 0 Å². The van der Waals surface area contributed by atoms with E-state index in [1.807, 2.05) is 0 Å². The molecule has 74 valence electrons. The van der Waals surface area contributed by atoms with Crippen LogP contribution in [0.25, 0.3) is 0 Å². The van der Waals surface area contributed by atoms with E-state index in [0.29, 0.717) is 0 Å². The largest absolute Gasteiger partial charge is 1.00 e. The van der Waals surface area contributed by atoms with Gasteiger partial charge in [0.05, 0.1) is 0 Å². The van der Waals surface area contributed by atoms with Gasteiger partial charge in [-0.3, -0.25) is 0 Å². The molecule has 0 unspecified atom stereocenters. The van der Waals surface area contributed by atoms with Gasteiger partial charge < -0.3 is 37.3 Å². The van der Waals surface area contributed by atoms with Gasteiger partial charge in [0.15, 0.2) is 0 Å². The fraction of sp³-hybridized carbons (Fsp3) is 0.500. The molecule has 0 amide bonds. The van der Waals surface area contributed by atoms with E-state index < -0.39 is 5.97 Å². The average molecular weight is 213 g/mol. The molecular formula is C2H13CuO7. The standard InChI is InChI=1S/C2H4O2.Cu.5H2O/c1-2(3)4;;;;;;/h1H3,(H,3,4);;5*1H2/q;+1;;;;;/p-1. The Hall–Kier alpha value is -0.211.